The van der Waals surface area contributed by atoms with Gasteiger partial charge < -0.3 is 57.2 Å². The van der Waals surface area contributed by atoms with Crippen LogP contribution in [0.1, 0.15) is 52.9 Å². The number of likely N-dealkylation sites (tertiary alicyclic amines) is 1. The summed E-state index contributed by atoms with van der Waals surface area (Å²) in [6, 6.07) is -9.30. The lowest BCUT2D eigenvalue weighted by atomic mass is 9.95. The average Bonchev–Trinajstić information content (AvgIpc) is 3.61. The molecule has 0 aromatic carbocycles. The van der Waals surface area contributed by atoms with Crippen molar-refractivity contribution in [3.8, 4) is 0 Å². The molecule has 1 aliphatic rings. The molecule has 7 amide bonds. The van der Waals surface area contributed by atoms with E-state index in [9.17, 15) is 73.2 Å². The molecule has 0 bridgehead atoms. The van der Waals surface area contributed by atoms with Gasteiger partial charge in [-0.05, 0) is 25.2 Å². The number of thiol groups is 2. The quantitative estimate of drug-likeness (QED) is 0.0350. The van der Waals surface area contributed by atoms with Gasteiger partial charge in [0.25, 0.3) is 0 Å². The van der Waals surface area contributed by atoms with Gasteiger partial charge in [0.15, 0.2) is 11.8 Å². The largest absolute Gasteiger partial charge is 0.481 e. The number of aliphatic carboxylic acids is 4. The molecule has 0 saturated carbocycles. The van der Waals surface area contributed by atoms with Gasteiger partial charge in [-0.2, -0.15) is 25.3 Å². The highest BCUT2D eigenvalue weighted by atomic mass is 32.1. The molecule has 0 aliphatic carbocycles. The molecule has 0 aromatic heterocycles. The molecule has 1 saturated heterocycles. The monoisotopic (exact) mass is 835 g/mol. The minimum Gasteiger partial charge on any atom is -0.481 e. The molecule has 6 atom stereocenters. The number of nitrogens with one attached hydrogen (secondary N) is 6. The summed E-state index contributed by atoms with van der Waals surface area (Å²) in [5.74, 6) is -19.7. The highest BCUT2D eigenvalue weighted by Gasteiger charge is 2.43. The number of carboxylic acid groups (broad SMARTS) is 4. The Morgan fingerprint density at radius 2 is 1.02 bits per heavy atom. The molecule has 1 heterocycles. The van der Waals surface area contributed by atoms with Gasteiger partial charge in [0.2, 0.25) is 41.4 Å². The smallest absolute Gasteiger partial charge is 0.317 e. The third-order valence-electron chi connectivity index (χ3n) is 8.50. The Labute approximate surface area is 331 Å². The highest BCUT2D eigenvalue weighted by Crippen LogP contribution is 2.22. The van der Waals surface area contributed by atoms with Crippen molar-refractivity contribution in [3.05, 3.63) is 0 Å². The Morgan fingerprint density at radius 1 is 0.607 bits per heavy atom. The lowest BCUT2D eigenvalue weighted by Crippen LogP contribution is -2.60. The van der Waals surface area contributed by atoms with Crippen LogP contribution in [0.5, 0.6) is 0 Å². The third-order valence-corrected chi connectivity index (χ3v) is 9.23. The molecule has 1 fully saturated rings. The molecular weight excluding hydrogens is 787 g/mol. The average molecular weight is 836 g/mol. The molecule has 0 spiro atoms. The lowest BCUT2D eigenvalue weighted by molar-refractivity contribution is -0.158. The van der Waals surface area contributed by atoms with E-state index in [1.807, 2.05) is 0 Å². The first kappa shape index (κ1) is 48.9. The topological polar surface area (TPSA) is 344 Å². The second-order valence-electron chi connectivity index (χ2n) is 13.2. The van der Waals surface area contributed by atoms with Crippen LogP contribution in [0.25, 0.3) is 0 Å². The van der Waals surface area contributed by atoms with Gasteiger partial charge in [0.05, 0.1) is 0 Å². The van der Waals surface area contributed by atoms with Gasteiger partial charge in [-0.3, -0.25) is 52.7 Å². The zero-order valence-corrected chi connectivity index (χ0v) is 32.8. The molecule has 24 heteroatoms. The maximum atomic E-state index is 14.0. The van der Waals surface area contributed by atoms with Crippen molar-refractivity contribution in [3.63, 3.8) is 0 Å². The number of likely N-dealkylation sites (N-methyl/N-ethyl adjacent to an activating group) is 1. The van der Waals surface area contributed by atoms with E-state index in [2.05, 4.69) is 57.2 Å². The Bertz CT molecular complexity index is 1500. The Hall–Kier alpha value is -5.13. The number of carboxylic acids is 4. The van der Waals surface area contributed by atoms with Crippen LogP contribution in [0.3, 0.4) is 0 Å². The van der Waals surface area contributed by atoms with Gasteiger partial charge in [0, 0.05) is 44.9 Å². The summed E-state index contributed by atoms with van der Waals surface area (Å²) in [6.45, 7) is 4.30. The molecular formula is C32H49N7O15S2. The maximum Gasteiger partial charge on any atom is 0.317 e. The standard InChI is InChI=1S/C32H49N7O15S2/c1-13(2)8-17(35-26(44)21(12-56)34-14(3)40)24(42)36-18(9-15(29(47)48)30(49)50)25(43)37-19(10-16(31(51)52)32(53)54)28(46)39-7-5-6-22(39)27(45)38-20(11-55)23(41)33-4/h13,15-22,55-56H,5-12H2,1-4H3,(H,33,41)(H,34,40)(H,35,44)(H,36,42)(H,37,43)(H,38,45)(H,47,48)(H,49,50)(H,51,52)(H,53,54)/t17-,18-,19-,20-,21-,22-/m0/s1. The number of hydrogen-bond donors (Lipinski definition) is 12. The zero-order chi connectivity index (χ0) is 43.0. The zero-order valence-electron chi connectivity index (χ0n) is 31.0. The summed E-state index contributed by atoms with van der Waals surface area (Å²) in [6.07, 6.45) is -2.15. The first-order chi connectivity index (χ1) is 26.1. The summed E-state index contributed by atoms with van der Waals surface area (Å²) in [5.41, 5.74) is 0. The molecule has 56 heavy (non-hydrogen) atoms. The van der Waals surface area contributed by atoms with Crippen molar-refractivity contribution in [2.24, 2.45) is 17.8 Å². The SMILES string of the molecule is CNC(=O)[C@H](CS)NC(=O)[C@@H]1CCCN1C(=O)[C@H](CC(C(=O)O)C(=O)O)NC(=O)[C@H](CC(C(=O)O)C(=O)O)NC(=O)[C@H](CC(C)C)NC(=O)[C@H](CS)NC(C)=O. The molecule has 1 aliphatic heterocycles. The number of carbonyl (C=O) groups excluding carboxylic acids is 7. The summed E-state index contributed by atoms with van der Waals surface area (Å²) in [7, 11) is 1.31. The summed E-state index contributed by atoms with van der Waals surface area (Å²) in [5, 5.41) is 52.2. The Balaban J connectivity index is 3.66. The van der Waals surface area contributed by atoms with Crippen molar-refractivity contribution in [2.45, 2.75) is 89.1 Å². The van der Waals surface area contributed by atoms with Gasteiger partial charge in [-0.1, -0.05) is 13.8 Å². The van der Waals surface area contributed by atoms with E-state index >= 15 is 0 Å². The van der Waals surface area contributed by atoms with Crippen LogP contribution in [0, 0.1) is 17.8 Å². The van der Waals surface area contributed by atoms with Crippen LogP contribution in [-0.2, 0) is 52.7 Å². The Morgan fingerprint density at radius 3 is 1.43 bits per heavy atom. The van der Waals surface area contributed by atoms with Crippen LogP contribution in [0.2, 0.25) is 0 Å². The molecule has 10 N–H and O–H groups in total. The van der Waals surface area contributed by atoms with E-state index < -0.39 is 126 Å². The van der Waals surface area contributed by atoms with E-state index in [-0.39, 0.29) is 43.2 Å². The van der Waals surface area contributed by atoms with Gasteiger partial charge >= 0.3 is 23.9 Å². The van der Waals surface area contributed by atoms with Crippen molar-refractivity contribution in [2.75, 3.05) is 25.1 Å². The number of hydrogen-bond acceptors (Lipinski definition) is 13. The summed E-state index contributed by atoms with van der Waals surface area (Å²) in [4.78, 5) is 140. The number of carbonyl (C=O) groups is 11. The molecule has 0 radical (unpaired) electrons. The first-order valence-corrected chi connectivity index (χ1v) is 18.5. The van der Waals surface area contributed by atoms with Crippen molar-refractivity contribution < 1.29 is 73.2 Å². The number of amides is 7. The fraction of sp³-hybridized carbons (Fsp3) is 0.656. The van der Waals surface area contributed by atoms with Gasteiger partial charge in [0.1, 0.15) is 36.3 Å². The minimum absolute atomic E-state index is 0.0309. The fourth-order valence-electron chi connectivity index (χ4n) is 5.64. The van der Waals surface area contributed by atoms with E-state index in [4.69, 9.17) is 0 Å². The van der Waals surface area contributed by atoms with Crippen LogP contribution in [-0.4, -0.2) is 152 Å². The first-order valence-electron chi connectivity index (χ1n) is 17.2. The van der Waals surface area contributed by atoms with Gasteiger partial charge in [-0.25, -0.2) is 0 Å². The van der Waals surface area contributed by atoms with Crippen molar-refractivity contribution in [1.82, 2.24) is 36.8 Å². The minimum atomic E-state index is -2.34. The predicted octanol–water partition coefficient (Wildman–Crippen LogP) is -3.58. The van der Waals surface area contributed by atoms with Gasteiger partial charge in [-0.15, -0.1) is 0 Å². The number of rotatable bonds is 23. The third kappa shape index (κ3) is 14.8. The molecule has 314 valence electrons. The molecule has 22 nitrogen and oxygen atoms in total. The highest BCUT2D eigenvalue weighted by molar-refractivity contribution is 7.80. The Kier molecular flexibility index (Phi) is 20.1. The molecule has 0 unspecified atom stereocenters. The predicted molar refractivity (Wildman–Crippen MR) is 198 cm³/mol. The lowest BCUT2D eigenvalue weighted by Gasteiger charge is -2.31. The second kappa shape index (κ2) is 23.1. The van der Waals surface area contributed by atoms with Crippen LogP contribution >= 0.6 is 25.3 Å². The molecule has 1 rings (SSSR count). The second-order valence-corrected chi connectivity index (χ2v) is 14.0. The summed E-state index contributed by atoms with van der Waals surface area (Å²) < 4.78 is 0. The molecule has 0 aromatic rings. The van der Waals surface area contributed by atoms with E-state index in [1.165, 1.54) is 7.05 Å². The van der Waals surface area contributed by atoms with Crippen molar-refractivity contribution in [1.29, 1.82) is 0 Å². The van der Waals surface area contributed by atoms with E-state index in [0.717, 1.165) is 11.8 Å². The summed E-state index contributed by atoms with van der Waals surface area (Å²) >= 11 is 8.06. The van der Waals surface area contributed by atoms with E-state index in [1.54, 1.807) is 13.8 Å². The normalized spacial score (nSPS) is 16.4. The maximum absolute atomic E-state index is 14.0. The van der Waals surface area contributed by atoms with Crippen LogP contribution in [0.15, 0.2) is 0 Å². The van der Waals surface area contributed by atoms with Crippen LogP contribution in [0.4, 0.5) is 0 Å². The fourth-order valence-corrected chi connectivity index (χ4v) is 6.15. The van der Waals surface area contributed by atoms with Crippen molar-refractivity contribution >= 4 is 90.5 Å². The van der Waals surface area contributed by atoms with Crippen LogP contribution < -0.4 is 31.9 Å². The number of nitrogens with zero attached hydrogens (tertiary/aromatic N) is 1. The van der Waals surface area contributed by atoms with E-state index in [0.29, 0.717) is 0 Å².